The van der Waals surface area contributed by atoms with Crippen molar-refractivity contribution in [3.05, 3.63) is 59.1 Å². The Balaban J connectivity index is 2.26. The SMILES string of the molecule is C=COC1Cc2c(C(=O)O)c1c1c(c2C(=O)O)C(OC=C)C1. The van der Waals surface area contributed by atoms with Crippen molar-refractivity contribution in [1.82, 2.24) is 0 Å². The van der Waals surface area contributed by atoms with Crippen molar-refractivity contribution < 1.29 is 29.3 Å². The largest absolute Gasteiger partial charge is 0.494 e. The second-order valence-corrected chi connectivity index (χ2v) is 5.14. The Kier molecular flexibility index (Phi) is 3.16. The fraction of sp³-hybridized carbons (Fsp3) is 0.250. The van der Waals surface area contributed by atoms with E-state index >= 15 is 0 Å². The van der Waals surface area contributed by atoms with E-state index in [9.17, 15) is 19.8 Å². The minimum Gasteiger partial charge on any atom is -0.494 e. The molecule has 3 rings (SSSR count). The molecule has 0 aromatic heterocycles. The van der Waals surface area contributed by atoms with Crippen LogP contribution in [-0.2, 0) is 22.3 Å². The van der Waals surface area contributed by atoms with Crippen LogP contribution in [0.4, 0.5) is 0 Å². The van der Waals surface area contributed by atoms with Crippen LogP contribution in [0.3, 0.4) is 0 Å². The van der Waals surface area contributed by atoms with Gasteiger partial charge in [-0.05, 0) is 11.1 Å². The zero-order valence-corrected chi connectivity index (χ0v) is 11.7. The van der Waals surface area contributed by atoms with Gasteiger partial charge in [0.15, 0.2) is 0 Å². The van der Waals surface area contributed by atoms with Gasteiger partial charge in [0.05, 0.1) is 23.7 Å². The van der Waals surface area contributed by atoms with Crippen molar-refractivity contribution in [2.75, 3.05) is 0 Å². The van der Waals surface area contributed by atoms with Crippen LogP contribution in [-0.4, -0.2) is 22.2 Å². The third kappa shape index (κ3) is 1.73. The van der Waals surface area contributed by atoms with Crippen LogP contribution in [0.15, 0.2) is 25.7 Å². The van der Waals surface area contributed by atoms with Crippen LogP contribution in [0.5, 0.6) is 0 Å². The van der Waals surface area contributed by atoms with Crippen LogP contribution in [0.25, 0.3) is 0 Å². The van der Waals surface area contributed by atoms with E-state index in [1.165, 1.54) is 12.5 Å². The van der Waals surface area contributed by atoms with E-state index in [4.69, 9.17) is 9.47 Å². The topological polar surface area (TPSA) is 93.1 Å². The maximum absolute atomic E-state index is 11.7. The molecule has 2 bridgehead atoms. The van der Waals surface area contributed by atoms with Gasteiger partial charge in [0.25, 0.3) is 0 Å². The van der Waals surface area contributed by atoms with Gasteiger partial charge in [-0.1, -0.05) is 13.2 Å². The molecule has 1 aromatic rings. The minimum atomic E-state index is -1.16. The quantitative estimate of drug-likeness (QED) is 0.785. The molecule has 0 amide bonds. The number of carbonyl (C=O) groups is 2. The molecule has 22 heavy (non-hydrogen) atoms. The fourth-order valence-corrected chi connectivity index (χ4v) is 3.43. The van der Waals surface area contributed by atoms with Crippen molar-refractivity contribution in [2.45, 2.75) is 25.0 Å². The highest BCUT2D eigenvalue weighted by Gasteiger charge is 2.46. The predicted octanol–water partition coefficient (Wildman–Crippen LogP) is 2.60. The summed E-state index contributed by atoms with van der Waals surface area (Å²) in [5.74, 6) is -2.30. The van der Waals surface area contributed by atoms with Gasteiger partial charge >= 0.3 is 11.9 Å². The molecule has 0 heterocycles. The second kappa shape index (κ2) is 4.91. The normalized spacial score (nSPS) is 20.5. The van der Waals surface area contributed by atoms with Gasteiger partial charge in [0, 0.05) is 24.0 Å². The third-order valence-electron chi connectivity index (χ3n) is 4.16. The second-order valence-electron chi connectivity index (χ2n) is 5.14. The number of carboxylic acid groups (broad SMARTS) is 2. The summed E-state index contributed by atoms with van der Waals surface area (Å²) < 4.78 is 10.7. The van der Waals surface area contributed by atoms with Gasteiger partial charge < -0.3 is 19.7 Å². The Morgan fingerprint density at radius 3 is 1.68 bits per heavy atom. The lowest BCUT2D eigenvalue weighted by atomic mass is 9.76. The Morgan fingerprint density at radius 1 is 0.909 bits per heavy atom. The van der Waals surface area contributed by atoms with Crippen LogP contribution < -0.4 is 0 Å². The van der Waals surface area contributed by atoms with Gasteiger partial charge in [-0.3, -0.25) is 0 Å². The molecule has 0 fully saturated rings. The number of carboxylic acids is 2. The fourth-order valence-electron chi connectivity index (χ4n) is 3.43. The molecule has 6 nitrogen and oxygen atoms in total. The lowest BCUT2D eigenvalue weighted by Gasteiger charge is -2.33. The van der Waals surface area contributed by atoms with Crippen LogP contribution in [0, 0.1) is 0 Å². The molecule has 2 N–H and O–H groups in total. The zero-order valence-electron chi connectivity index (χ0n) is 11.7. The van der Waals surface area contributed by atoms with E-state index in [1.807, 2.05) is 0 Å². The van der Waals surface area contributed by atoms with Gasteiger partial charge in [0.1, 0.15) is 12.2 Å². The highest BCUT2D eigenvalue weighted by molar-refractivity contribution is 6.01. The van der Waals surface area contributed by atoms with Crippen molar-refractivity contribution >= 4 is 11.9 Å². The van der Waals surface area contributed by atoms with E-state index in [2.05, 4.69) is 13.2 Å². The summed E-state index contributed by atoms with van der Waals surface area (Å²) in [4.78, 5) is 23.2. The van der Waals surface area contributed by atoms with Crippen LogP contribution in [0.2, 0.25) is 0 Å². The lowest BCUT2D eigenvalue weighted by Crippen LogP contribution is -2.26. The van der Waals surface area contributed by atoms with Crippen molar-refractivity contribution in [3.63, 3.8) is 0 Å². The first kappa shape index (κ1) is 14.2. The zero-order chi connectivity index (χ0) is 16.0. The molecule has 114 valence electrons. The number of hydrogen-bond donors (Lipinski definition) is 2. The van der Waals surface area contributed by atoms with Gasteiger partial charge in [-0.25, -0.2) is 9.59 Å². The van der Waals surface area contributed by atoms with E-state index in [0.717, 1.165) is 0 Å². The molecule has 2 unspecified atom stereocenters. The van der Waals surface area contributed by atoms with Crippen molar-refractivity contribution in [1.29, 1.82) is 0 Å². The molecular formula is C16H14O6. The maximum Gasteiger partial charge on any atom is 0.336 e. The highest BCUT2D eigenvalue weighted by atomic mass is 16.5. The smallest absolute Gasteiger partial charge is 0.336 e. The first-order chi connectivity index (χ1) is 10.5. The summed E-state index contributed by atoms with van der Waals surface area (Å²) in [6, 6.07) is 0. The number of rotatable bonds is 6. The summed E-state index contributed by atoms with van der Waals surface area (Å²) >= 11 is 0. The molecule has 6 heteroatoms. The Morgan fingerprint density at radius 2 is 1.32 bits per heavy atom. The third-order valence-corrected chi connectivity index (χ3v) is 4.16. The summed E-state index contributed by atoms with van der Waals surface area (Å²) in [6.07, 6.45) is 2.24. The number of benzene rings is 1. The maximum atomic E-state index is 11.7. The summed E-state index contributed by atoms with van der Waals surface area (Å²) in [5, 5.41) is 19.0. The molecular weight excluding hydrogens is 288 g/mol. The summed E-state index contributed by atoms with van der Waals surface area (Å²) in [5.41, 5.74) is 2.13. The first-order valence-electron chi connectivity index (χ1n) is 6.72. The molecule has 2 aliphatic carbocycles. The molecule has 1 aromatic carbocycles. The Bertz CT molecular complexity index is 718. The number of aromatic carboxylic acids is 2. The Labute approximate surface area is 126 Å². The molecule has 0 spiro atoms. The highest BCUT2D eigenvalue weighted by Crippen LogP contribution is 2.51. The number of fused-ring (bicyclic) bond motifs is 4. The monoisotopic (exact) mass is 302 g/mol. The average molecular weight is 302 g/mol. The molecule has 0 saturated carbocycles. The van der Waals surface area contributed by atoms with E-state index in [-0.39, 0.29) is 23.1 Å². The van der Waals surface area contributed by atoms with Crippen LogP contribution >= 0.6 is 0 Å². The average Bonchev–Trinajstić information content (AvgIpc) is 2.74. The van der Waals surface area contributed by atoms with Crippen LogP contribution in [0.1, 0.15) is 55.2 Å². The summed E-state index contributed by atoms with van der Waals surface area (Å²) in [7, 11) is 0. The first-order valence-corrected chi connectivity index (χ1v) is 6.72. The molecule has 2 atom stereocenters. The van der Waals surface area contributed by atoms with E-state index in [1.54, 1.807) is 0 Å². The minimum absolute atomic E-state index is 0.0180. The van der Waals surface area contributed by atoms with Gasteiger partial charge in [-0.15, -0.1) is 0 Å². The van der Waals surface area contributed by atoms with E-state index in [0.29, 0.717) is 23.1 Å². The molecule has 0 saturated heterocycles. The molecule has 2 aliphatic rings. The lowest BCUT2D eigenvalue weighted by molar-refractivity contribution is 0.0677. The van der Waals surface area contributed by atoms with E-state index < -0.39 is 24.1 Å². The number of hydrogen-bond acceptors (Lipinski definition) is 4. The standard InChI is InChI=1S/C16H14O6/c1-3-21-9-5-7-11(9)13(15(17)18)8-6-10(22-4-2)12(7)14(8)16(19)20/h3-4,9-10H,1-2,5-6H2,(H,17,18)(H,19,20). The predicted molar refractivity (Wildman–Crippen MR) is 75.8 cm³/mol. The Hall–Kier alpha value is -2.76. The van der Waals surface area contributed by atoms with Gasteiger partial charge in [-0.2, -0.15) is 0 Å². The molecule has 0 aliphatic heterocycles. The number of ether oxygens (including phenoxy) is 2. The van der Waals surface area contributed by atoms with Crippen molar-refractivity contribution in [3.8, 4) is 0 Å². The van der Waals surface area contributed by atoms with Gasteiger partial charge in [0.2, 0.25) is 0 Å². The van der Waals surface area contributed by atoms with Crippen molar-refractivity contribution in [2.24, 2.45) is 0 Å². The molecule has 0 radical (unpaired) electrons. The summed E-state index contributed by atoms with van der Waals surface area (Å²) in [6.45, 7) is 6.97.